The molecule has 0 saturated heterocycles. The van der Waals surface area contributed by atoms with Crippen molar-refractivity contribution in [2.24, 2.45) is 0 Å². The number of carbonyl (C=O) groups is 2. The molecule has 3 N–H and O–H groups in total. The summed E-state index contributed by atoms with van der Waals surface area (Å²) in [7, 11) is 0. The van der Waals surface area contributed by atoms with Gasteiger partial charge in [-0.1, -0.05) is 12.1 Å². The second-order valence-corrected chi connectivity index (χ2v) is 6.74. The molecule has 132 valence electrons. The molecule has 0 spiro atoms. The van der Waals surface area contributed by atoms with Crippen molar-refractivity contribution in [1.29, 1.82) is 0 Å². The quantitative estimate of drug-likeness (QED) is 0.563. The molecule has 0 aliphatic heterocycles. The number of amides is 2. The highest BCUT2D eigenvalue weighted by atomic mass is 32.1. The number of ether oxygens (including phenoxy) is 1. The van der Waals surface area contributed by atoms with Gasteiger partial charge in [0.15, 0.2) is 11.2 Å². The normalized spacial score (nSPS) is 11.3. The van der Waals surface area contributed by atoms with Crippen molar-refractivity contribution in [2.75, 3.05) is 0 Å². The SMILES string of the molecule is Cc1ccc(OC(C)C(=O)NNC(=S)NC(=O)c2cccs2)cc1C. The highest BCUT2D eigenvalue weighted by Gasteiger charge is 2.16. The Morgan fingerprint density at radius 2 is 1.92 bits per heavy atom. The van der Waals surface area contributed by atoms with Crippen LogP contribution in [-0.2, 0) is 4.79 Å². The molecule has 0 radical (unpaired) electrons. The Kier molecular flexibility index (Phi) is 6.49. The van der Waals surface area contributed by atoms with E-state index in [0.717, 1.165) is 11.1 Å². The second kappa shape index (κ2) is 8.59. The molecule has 1 heterocycles. The second-order valence-electron chi connectivity index (χ2n) is 5.38. The van der Waals surface area contributed by atoms with Crippen molar-refractivity contribution in [1.82, 2.24) is 16.2 Å². The number of nitrogens with one attached hydrogen (secondary N) is 3. The lowest BCUT2D eigenvalue weighted by Crippen LogP contribution is -2.51. The summed E-state index contributed by atoms with van der Waals surface area (Å²) in [6.07, 6.45) is -0.731. The first kappa shape index (κ1) is 18.9. The van der Waals surface area contributed by atoms with E-state index in [2.05, 4.69) is 16.2 Å². The zero-order valence-corrected chi connectivity index (χ0v) is 15.7. The molecule has 8 heteroatoms. The Hall–Kier alpha value is -2.45. The summed E-state index contributed by atoms with van der Waals surface area (Å²) in [6, 6.07) is 9.07. The van der Waals surface area contributed by atoms with E-state index in [4.69, 9.17) is 17.0 Å². The van der Waals surface area contributed by atoms with E-state index in [0.29, 0.717) is 10.6 Å². The molecule has 1 atom stereocenters. The lowest BCUT2D eigenvalue weighted by atomic mass is 10.1. The molecular formula is C17H19N3O3S2. The summed E-state index contributed by atoms with van der Waals surface area (Å²) < 4.78 is 5.60. The van der Waals surface area contributed by atoms with Crippen molar-refractivity contribution in [3.63, 3.8) is 0 Å². The number of aryl methyl sites for hydroxylation is 2. The molecule has 0 aliphatic rings. The van der Waals surface area contributed by atoms with Gasteiger partial charge in [-0.3, -0.25) is 25.8 Å². The van der Waals surface area contributed by atoms with E-state index < -0.39 is 12.0 Å². The Morgan fingerprint density at radius 3 is 2.56 bits per heavy atom. The Morgan fingerprint density at radius 1 is 1.16 bits per heavy atom. The predicted octanol–water partition coefficient (Wildman–Crippen LogP) is 2.47. The molecule has 2 aromatic rings. The van der Waals surface area contributed by atoms with Gasteiger partial charge >= 0.3 is 0 Å². The molecule has 1 unspecified atom stereocenters. The number of thiocarbonyl (C=S) groups is 1. The van der Waals surface area contributed by atoms with Crippen molar-refractivity contribution >= 4 is 40.5 Å². The number of carbonyl (C=O) groups excluding carboxylic acids is 2. The molecule has 2 amide bonds. The molecule has 2 rings (SSSR count). The fraction of sp³-hybridized carbons (Fsp3) is 0.235. The molecule has 0 fully saturated rings. The van der Waals surface area contributed by atoms with Gasteiger partial charge in [-0.2, -0.15) is 0 Å². The van der Waals surface area contributed by atoms with Gasteiger partial charge in [0.2, 0.25) is 0 Å². The van der Waals surface area contributed by atoms with Gasteiger partial charge in [-0.05, 0) is 67.7 Å². The van der Waals surface area contributed by atoms with E-state index in [1.165, 1.54) is 11.3 Å². The highest BCUT2D eigenvalue weighted by Crippen LogP contribution is 2.17. The predicted molar refractivity (Wildman–Crippen MR) is 102 cm³/mol. The minimum absolute atomic E-state index is 0.00475. The third kappa shape index (κ3) is 5.54. The lowest BCUT2D eigenvalue weighted by Gasteiger charge is -2.16. The van der Waals surface area contributed by atoms with Crippen molar-refractivity contribution in [3.05, 3.63) is 51.7 Å². The van der Waals surface area contributed by atoms with Crippen LogP contribution in [0.3, 0.4) is 0 Å². The summed E-state index contributed by atoms with van der Waals surface area (Å²) in [5.74, 6) is -0.133. The molecule has 6 nitrogen and oxygen atoms in total. The van der Waals surface area contributed by atoms with Gasteiger partial charge < -0.3 is 4.74 Å². The first-order chi connectivity index (χ1) is 11.9. The molecule has 25 heavy (non-hydrogen) atoms. The van der Waals surface area contributed by atoms with Gasteiger partial charge in [-0.15, -0.1) is 11.3 Å². The molecule has 0 saturated carbocycles. The van der Waals surface area contributed by atoms with Gasteiger partial charge in [0.1, 0.15) is 5.75 Å². The summed E-state index contributed by atoms with van der Waals surface area (Å²) >= 11 is 6.28. The lowest BCUT2D eigenvalue weighted by molar-refractivity contribution is -0.127. The van der Waals surface area contributed by atoms with Crippen molar-refractivity contribution in [2.45, 2.75) is 26.9 Å². The maximum Gasteiger partial charge on any atom is 0.279 e. The molecule has 1 aromatic heterocycles. The van der Waals surface area contributed by atoms with E-state index in [1.54, 1.807) is 24.4 Å². The van der Waals surface area contributed by atoms with Crippen LogP contribution in [0, 0.1) is 13.8 Å². The third-order valence-corrected chi connectivity index (χ3v) is 4.50. The fourth-order valence-corrected chi connectivity index (χ4v) is 2.63. The molecular weight excluding hydrogens is 358 g/mol. The average Bonchev–Trinajstić information content (AvgIpc) is 3.10. The monoisotopic (exact) mass is 377 g/mol. The highest BCUT2D eigenvalue weighted by molar-refractivity contribution is 7.80. The summed E-state index contributed by atoms with van der Waals surface area (Å²) in [5, 5.41) is 4.27. The standard InChI is InChI=1S/C17H19N3O3S2/c1-10-6-7-13(9-11(10)2)23-12(3)15(21)19-20-17(24)18-16(22)14-5-4-8-25-14/h4-9,12H,1-3H3,(H,19,21)(H2,18,20,22,24). The third-order valence-electron chi connectivity index (χ3n) is 3.43. The minimum Gasteiger partial charge on any atom is -0.481 e. The number of hydrazine groups is 1. The number of thiophene rings is 1. The molecule has 1 aromatic carbocycles. The Bertz CT molecular complexity index is 775. The van der Waals surface area contributed by atoms with Crippen LogP contribution in [0.1, 0.15) is 27.7 Å². The maximum absolute atomic E-state index is 12.0. The van der Waals surface area contributed by atoms with Gasteiger partial charge in [0, 0.05) is 0 Å². The van der Waals surface area contributed by atoms with Gasteiger partial charge in [0.05, 0.1) is 4.88 Å². The number of hydrogen-bond acceptors (Lipinski definition) is 5. The first-order valence-corrected chi connectivity index (χ1v) is 8.84. The summed E-state index contributed by atoms with van der Waals surface area (Å²) in [6.45, 7) is 5.60. The summed E-state index contributed by atoms with van der Waals surface area (Å²) in [4.78, 5) is 24.4. The fourth-order valence-electron chi connectivity index (χ4n) is 1.87. The Labute approximate surface area is 155 Å². The van der Waals surface area contributed by atoms with Crippen LogP contribution in [0.25, 0.3) is 0 Å². The van der Waals surface area contributed by atoms with Gasteiger partial charge in [0.25, 0.3) is 11.8 Å². The molecule has 0 bridgehead atoms. The minimum atomic E-state index is -0.731. The number of benzene rings is 1. The van der Waals surface area contributed by atoms with Crippen LogP contribution in [0.5, 0.6) is 5.75 Å². The van der Waals surface area contributed by atoms with Crippen LogP contribution < -0.4 is 20.9 Å². The number of rotatable bonds is 4. The maximum atomic E-state index is 12.0. The van der Waals surface area contributed by atoms with Crippen molar-refractivity contribution in [3.8, 4) is 5.75 Å². The average molecular weight is 377 g/mol. The van der Waals surface area contributed by atoms with E-state index >= 15 is 0 Å². The topological polar surface area (TPSA) is 79.5 Å². The Balaban J connectivity index is 1.79. The largest absolute Gasteiger partial charge is 0.481 e. The zero-order valence-electron chi connectivity index (χ0n) is 14.1. The van der Waals surface area contributed by atoms with Crippen molar-refractivity contribution < 1.29 is 14.3 Å². The van der Waals surface area contributed by atoms with Crippen LogP contribution in [0.4, 0.5) is 0 Å². The van der Waals surface area contributed by atoms with Crippen LogP contribution in [0.2, 0.25) is 0 Å². The van der Waals surface area contributed by atoms with E-state index in [-0.39, 0.29) is 11.0 Å². The zero-order chi connectivity index (χ0) is 18.4. The smallest absolute Gasteiger partial charge is 0.279 e. The van der Waals surface area contributed by atoms with Crippen LogP contribution >= 0.6 is 23.6 Å². The van der Waals surface area contributed by atoms with Crippen LogP contribution in [-0.4, -0.2) is 23.0 Å². The number of hydrogen-bond donors (Lipinski definition) is 3. The first-order valence-electron chi connectivity index (χ1n) is 7.55. The summed E-state index contributed by atoms with van der Waals surface area (Å²) in [5.41, 5.74) is 7.13. The molecule has 0 aliphatic carbocycles. The van der Waals surface area contributed by atoms with Crippen LogP contribution in [0.15, 0.2) is 35.7 Å². The van der Waals surface area contributed by atoms with E-state index in [1.807, 2.05) is 32.0 Å². The van der Waals surface area contributed by atoms with Gasteiger partial charge in [-0.25, -0.2) is 0 Å². The van der Waals surface area contributed by atoms with E-state index in [9.17, 15) is 9.59 Å².